The van der Waals surface area contributed by atoms with E-state index in [0.29, 0.717) is 49.5 Å². The van der Waals surface area contributed by atoms with Crippen molar-refractivity contribution in [3.8, 4) is 17.2 Å². The molecule has 1 saturated carbocycles. The molecule has 0 saturated heterocycles. The molecule has 0 unspecified atom stereocenters. The molecule has 4 atom stereocenters. The molecule has 2 N–H and O–H groups in total. The Kier molecular flexibility index (Phi) is 10.7. The molecule has 0 bridgehead atoms. The SMILES string of the molecule is C[C@@H](COc1ccnc2c1[C@H](C)CCC2)C[C@H]1Cc2cc3c(cc2C12CCC(Nc1cccc(Cl)c1)(C(=O)O)CC2)O[C@H](CN(C)Cc1ccccn1)CO3. The number of aromatic nitrogens is 2. The van der Waals surface area contributed by atoms with Gasteiger partial charge >= 0.3 is 5.97 Å². The van der Waals surface area contributed by atoms with Crippen molar-refractivity contribution in [2.45, 2.75) is 101 Å². The van der Waals surface area contributed by atoms with Gasteiger partial charge in [-0.05, 0) is 148 Å². The standard InChI is InChI=1S/C45H53ClN4O5/c1-29(27-53-39-13-19-48-38-12-6-8-30(2)42(38)39)20-32-21-31-22-40-41(55-36(28-54-40)26-50(3)25-35-10-4-5-18-47-35)24-37(31)44(32)14-16-45(17-15-44,43(51)52)49-34-11-7-9-33(46)23-34/h4-5,7,9-11,13,18-19,22-24,29-30,32,36,49H,6,8,12,14-17,20-21,25-28H2,1-3H3,(H,51,52)/t29-,30-,32+,36-,44?,45?/m1/s1. The molecule has 3 aliphatic carbocycles. The van der Waals surface area contributed by atoms with Gasteiger partial charge in [0.2, 0.25) is 0 Å². The van der Waals surface area contributed by atoms with Crippen molar-refractivity contribution in [3.05, 3.63) is 106 Å². The van der Waals surface area contributed by atoms with Crippen LogP contribution in [0.1, 0.15) is 92.8 Å². The molecule has 10 heteroatoms. The van der Waals surface area contributed by atoms with Gasteiger partial charge in [0.25, 0.3) is 0 Å². The number of ether oxygens (including phenoxy) is 3. The topological polar surface area (TPSA) is 106 Å². The summed E-state index contributed by atoms with van der Waals surface area (Å²) >= 11 is 6.32. The molecule has 55 heavy (non-hydrogen) atoms. The van der Waals surface area contributed by atoms with Gasteiger partial charge in [0.1, 0.15) is 24.0 Å². The predicted molar refractivity (Wildman–Crippen MR) is 215 cm³/mol. The molecular weight excluding hydrogens is 712 g/mol. The molecule has 2 aromatic carbocycles. The Balaban J connectivity index is 1.04. The first-order valence-corrected chi connectivity index (χ1v) is 20.4. The smallest absolute Gasteiger partial charge is 0.329 e. The van der Waals surface area contributed by atoms with E-state index in [-0.39, 0.29) is 17.4 Å². The van der Waals surface area contributed by atoms with Crippen molar-refractivity contribution in [1.82, 2.24) is 14.9 Å². The zero-order chi connectivity index (χ0) is 38.2. The average Bonchev–Trinajstić information content (AvgIpc) is 3.44. The van der Waals surface area contributed by atoms with Crippen molar-refractivity contribution in [3.63, 3.8) is 0 Å². The van der Waals surface area contributed by atoms with Gasteiger partial charge in [-0.3, -0.25) is 14.9 Å². The molecule has 290 valence electrons. The molecule has 1 spiro atoms. The van der Waals surface area contributed by atoms with Crippen molar-refractivity contribution < 1.29 is 24.1 Å². The van der Waals surface area contributed by atoms with E-state index in [0.717, 1.165) is 73.7 Å². The number of fused-ring (bicyclic) bond motifs is 4. The number of aliphatic carboxylic acids is 1. The maximum absolute atomic E-state index is 13.1. The predicted octanol–water partition coefficient (Wildman–Crippen LogP) is 8.87. The molecule has 2 aromatic heterocycles. The van der Waals surface area contributed by atoms with Gasteiger partial charge in [-0.15, -0.1) is 0 Å². The molecule has 0 amide bonds. The normalized spacial score (nSPS) is 25.9. The Hall–Kier alpha value is -4.34. The Morgan fingerprint density at radius 3 is 2.71 bits per heavy atom. The molecule has 3 heterocycles. The minimum absolute atomic E-state index is 0.126. The van der Waals surface area contributed by atoms with Crippen molar-refractivity contribution in [1.29, 1.82) is 0 Å². The van der Waals surface area contributed by atoms with E-state index in [4.69, 9.17) is 25.8 Å². The summed E-state index contributed by atoms with van der Waals surface area (Å²) < 4.78 is 19.7. The number of pyridine rings is 2. The minimum atomic E-state index is -1.09. The summed E-state index contributed by atoms with van der Waals surface area (Å²) in [6.07, 6.45) is 11.3. The first-order valence-electron chi connectivity index (χ1n) is 20.0. The molecule has 9 nitrogen and oxygen atoms in total. The van der Waals surface area contributed by atoms with E-state index >= 15 is 0 Å². The molecule has 1 fully saturated rings. The second-order valence-electron chi connectivity index (χ2n) is 16.7. The van der Waals surface area contributed by atoms with Gasteiger partial charge in [-0.1, -0.05) is 37.6 Å². The van der Waals surface area contributed by atoms with Crippen LogP contribution in [0, 0.1) is 11.8 Å². The van der Waals surface area contributed by atoms with Crippen molar-refractivity contribution in [2.24, 2.45) is 11.8 Å². The summed E-state index contributed by atoms with van der Waals surface area (Å²) in [5.74, 6) is 2.78. The van der Waals surface area contributed by atoms with Crippen LogP contribution < -0.4 is 19.5 Å². The molecule has 4 aliphatic rings. The third kappa shape index (κ3) is 7.75. The largest absolute Gasteiger partial charge is 0.493 e. The van der Waals surface area contributed by atoms with E-state index in [9.17, 15) is 9.90 Å². The van der Waals surface area contributed by atoms with Gasteiger partial charge in [0, 0.05) is 47.5 Å². The lowest BCUT2D eigenvalue weighted by atomic mass is 9.59. The van der Waals surface area contributed by atoms with Crippen LogP contribution in [0.15, 0.2) is 73.1 Å². The van der Waals surface area contributed by atoms with E-state index in [1.165, 1.54) is 28.8 Å². The molecule has 8 rings (SSSR count). The van der Waals surface area contributed by atoms with Gasteiger partial charge in [-0.25, -0.2) is 4.79 Å². The number of rotatable bonds is 12. The number of carboxylic acids is 1. The fraction of sp³-hybridized carbons (Fsp3) is 0.489. The number of hydrogen-bond acceptors (Lipinski definition) is 8. The van der Waals surface area contributed by atoms with Crippen molar-refractivity contribution >= 4 is 23.3 Å². The van der Waals surface area contributed by atoms with Gasteiger partial charge in [0.05, 0.1) is 12.3 Å². The van der Waals surface area contributed by atoms with Gasteiger partial charge in [0.15, 0.2) is 11.5 Å². The van der Waals surface area contributed by atoms with E-state index < -0.39 is 11.5 Å². The summed E-state index contributed by atoms with van der Waals surface area (Å²) in [7, 11) is 2.08. The first kappa shape index (κ1) is 37.6. The van der Waals surface area contributed by atoms with E-state index in [1.807, 2.05) is 48.8 Å². The lowest BCUT2D eigenvalue weighted by molar-refractivity contribution is -0.144. The first-order chi connectivity index (χ1) is 26.6. The maximum atomic E-state index is 13.1. The highest BCUT2D eigenvalue weighted by atomic mass is 35.5. The van der Waals surface area contributed by atoms with Crippen LogP contribution in [-0.4, -0.2) is 64.4 Å². The second-order valence-corrected chi connectivity index (χ2v) is 17.2. The molecular formula is C45H53ClN4O5. The van der Waals surface area contributed by atoms with Crippen LogP contribution >= 0.6 is 11.6 Å². The maximum Gasteiger partial charge on any atom is 0.329 e. The number of carboxylic acid groups (broad SMARTS) is 1. The molecule has 0 radical (unpaired) electrons. The third-order valence-electron chi connectivity index (χ3n) is 12.7. The summed E-state index contributed by atoms with van der Waals surface area (Å²) in [6, 6.07) is 19.8. The highest BCUT2D eigenvalue weighted by Gasteiger charge is 2.54. The Morgan fingerprint density at radius 2 is 1.93 bits per heavy atom. The van der Waals surface area contributed by atoms with E-state index in [1.54, 1.807) is 12.1 Å². The van der Waals surface area contributed by atoms with Crippen LogP contribution in [0.2, 0.25) is 5.02 Å². The summed E-state index contributed by atoms with van der Waals surface area (Å²) in [6.45, 7) is 7.11. The fourth-order valence-electron chi connectivity index (χ4n) is 9.99. The number of anilines is 1. The Morgan fingerprint density at radius 1 is 1.07 bits per heavy atom. The number of likely N-dealkylation sites (N-methyl/N-ethyl adjacent to an activating group) is 1. The Labute approximate surface area is 329 Å². The molecule has 1 aliphatic heterocycles. The number of aryl methyl sites for hydroxylation is 1. The van der Waals surface area contributed by atoms with Crippen LogP contribution in [0.25, 0.3) is 0 Å². The van der Waals surface area contributed by atoms with E-state index in [2.05, 4.69) is 53.2 Å². The number of nitrogens with zero attached hydrogens (tertiary/aromatic N) is 3. The van der Waals surface area contributed by atoms with Crippen LogP contribution in [0.3, 0.4) is 0 Å². The van der Waals surface area contributed by atoms with Gasteiger partial charge < -0.3 is 24.6 Å². The zero-order valence-electron chi connectivity index (χ0n) is 32.2. The van der Waals surface area contributed by atoms with Crippen LogP contribution in [0.4, 0.5) is 5.69 Å². The lowest BCUT2D eigenvalue weighted by Gasteiger charge is -2.47. The summed E-state index contributed by atoms with van der Waals surface area (Å²) in [5, 5.41) is 14.7. The highest BCUT2D eigenvalue weighted by Crippen LogP contribution is 2.58. The summed E-state index contributed by atoms with van der Waals surface area (Å²) in [5.41, 5.74) is 5.48. The lowest BCUT2D eigenvalue weighted by Crippen LogP contribution is -2.53. The van der Waals surface area contributed by atoms with Crippen LogP contribution in [-0.2, 0) is 29.6 Å². The number of nitrogens with one attached hydrogen (secondary N) is 1. The minimum Gasteiger partial charge on any atom is -0.493 e. The number of benzene rings is 2. The fourth-order valence-corrected chi connectivity index (χ4v) is 10.2. The monoisotopic (exact) mass is 764 g/mol. The summed E-state index contributed by atoms with van der Waals surface area (Å²) in [4.78, 5) is 24.5. The number of hydrogen-bond donors (Lipinski definition) is 2. The average molecular weight is 765 g/mol. The van der Waals surface area contributed by atoms with Gasteiger partial charge in [-0.2, -0.15) is 0 Å². The van der Waals surface area contributed by atoms with Crippen molar-refractivity contribution in [2.75, 3.05) is 32.1 Å². The molecule has 4 aromatic rings. The van der Waals surface area contributed by atoms with Crippen LogP contribution in [0.5, 0.6) is 17.2 Å². The quantitative estimate of drug-likeness (QED) is 0.146. The zero-order valence-corrected chi connectivity index (χ0v) is 33.0. The highest BCUT2D eigenvalue weighted by molar-refractivity contribution is 6.30. The number of halogens is 1. The number of carbonyl (C=O) groups is 1. The second kappa shape index (κ2) is 15.7. The Bertz CT molecular complexity index is 2000. The third-order valence-corrected chi connectivity index (χ3v) is 13.0.